The number of Topliss-reactive ketones (excluding diaryl/α,β-unsaturated/α-hetero) is 1. The summed E-state index contributed by atoms with van der Waals surface area (Å²) in [4.78, 5) is 29.9. The van der Waals surface area contributed by atoms with Crippen molar-refractivity contribution in [2.24, 2.45) is 0 Å². The summed E-state index contributed by atoms with van der Waals surface area (Å²) in [5.74, 6) is -4.00. The number of methoxy groups -OCH3 is 2. The smallest absolute Gasteiger partial charge is 0.300 e. The number of hydrogen-bond donors (Lipinski definition) is 1. The SMILES string of the molecule is CCN(CC)c1ccc(C2/C(=C(/O)c3ccc(OC)cc3OC)C(=O)C(=O)N2c2ccc(F)c(F)c2)cc1. The van der Waals surface area contributed by atoms with Gasteiger partial charge in [0, 0.05) is 36.6 Å². The van der Waals surface area contributed by atoms with Gasteiger partial charge in [0.05, 0.1) is 31.4 Å². The van der Waals surface area contributed by atoms with E-state index in [1.165, 1.54) is 32.4 Å². The number of rotatable bonds is 8. The molecule has 3 aromatic rings. The predicted octanol–water partition coefficient (Wildman–Crippen LogP) is 5.45. The molecule has 1 saturated heterocycles. The number of carbonyl (C=O) groups excluding carboxylic acids is 2. The molecule has 1 aliphatic rings. The molecule has 1 heterocycles. The van der Waals surface area contributed by atoms with Crippen LogP contribution in [0.1, 0.15) is 31.0 Å². The predicted molar refractivity (Wildman–Crippen MR) is 141 cm³/mol. The Morgan fingerprint density at radius 3 is 2.18 bits per heavy atom. The van der Waals surface area contributed by atoms with E-state index in [1.807, 2.05) is 26.0 Å². The van der Waals surface area contributed by atoms with E-state index < -0.39 is 35.1 Å². The minimum Gasteiger partial charge on any atom is -0.507 e. The molecule has 1 aliphatic heterocycles. The summed E-state index contributed by atoms with van der Waals surface area (Å²) in [5, 5.41) is 11.4. The van der Waals surface area contributed by atoms with E-state index in [1.54, 1.807) is 18.2 Å². The Hall–Kier alpha value is -4.40. The Balaban J connectivity index is 1.94. The summed E-state index contributed by atoms with van der Waals surface area (Å²) in [6, 6.07) is 13.7. The number of benzene rings is 3. The number of amides is 1. The van der Waals surface area contributed by atoms with Crippen molar-refractivity contribution in [1.29, 1.82) is 0 Å². The maximum atomic E-state index is 14.2. The standard InChI is InChI=1S/C29H28F2N2O5/c1-5-32(6-2)18-9-7-17(8-10-18)26-25(27(34)21-13-12-20(37-3)16-24(21)38-4)28(35)29(36)33(26)19-11-14-22(30)23(31)15-19/h7-16,26,34H,5-6H2,1-4H3/b27-25-. The Labute approximate surface area is 219 Å². The number of ketones is 1. The van der Waals surface area contributed by atoms with Crippen molar-refractivity contribution in [3.63, 3.8) is 0 Å². The van der Waals surface area contributed by atoms with Crippen molar-refractivity contribution in [1.82, 2.24) is 0 Å². The normalized spacial score (nSPS) is 16.6. The maximum absolute atomic E-state index is 14.2. The monoisotopic (exact) mass is 522 g/mol. The lowest BCUT2D eigenvalue weighted by Gasteiger charge is -2.27. The molecule has 1 fully saturated rings. The van der Waals surface area contributed by atoms with E-state index >= 15 is 0 Å². The van der Waals surface area contributed by atoms with Crippen molar-refractivity contribution >= 4 is 28.8 Å². The number of halogens is 2. The van der Waals surface area contributed by atoms with Gasteiger partial charge in [-0.05, 0) is 55.8 Å². The van der Waals surface area contributed by atoms with Crippen LogP contribution in [0.15, 0.2) is 66.2 Å². The van der Waals surface area contributed by atoms with Crippen molar-refractivity contribution in [3.8, 4) is 11.5 Å². The van der Waals surface area contributed by atoms with Crippen LogP contribution in [0.3, 0.4) is 0 Å². The highest BCUT2D eigenvalue weighted by atomic mass is 19.2. The first-order chi connectivity index (χ1) is 18.2. The molecule has 4 rings (SSSR count). The van der Waals surface area contributed by atoms with Crippen molar-refractivity contribution in [2.45, 2.75) is 19.9 Å². The van der Waals surface area contributed by atoms with Gasteiger partial charge in [-0.1, -0.05) is 12.1 Å². The third kappa shape index (κ3) is 4.67. The first-order valence-electron chi connectivity index (χ1n) is 12.1. The molecule has 0 saturated carbocycles. The summed E-state index contributed by atoms with van der Waals surface area (Å²) >= 11 is 0. The van der Waals surface area contributed by atoms with Crippen LogP contribution in [0.2, 0.25) is 0 Å². The second-order valence-electron chi connectivity index (χ2n) is 8.60. The van der Waals surface area contributed by atoms with Crippen molar-refractivity contribution in [3.05, 3.63) is 89.0 Å². The molecule has 0 radical (unpaired) electrons. The summed E-state index contributed by atoms with van der Waals surface area (Å²) in [6.07, 6.45) is 0. The largest absolute Gasteiger partial charge is 0.507 e. The molecule has 38 heavy (non-hydrogen) atoms. The van der Waals surface area contributed by atoms with Gasteiger partial charge >= 0.3 is 0 Å². The fourth-order valence-electron chi connectivity index (χ4n) is 4.64. The third-order valence-corrected chi connectivity index (χ3v) is 6.63. The highest BCUT2D eigenvalue weighted by Gasteiger charge is 2.47. The van der Waals surface area contributed by atoms with Crippen LogP contribution >= 0.6 is 0 Å². The van der Waals surface area contributed by atoms with Gasteiger partial charge in [0.15, 0.2) is 11.6 Å². The van der Waals surface area contributed by atoms with Gasteiger partial charge in [-0.2, -0.15) is 0 Å². The van der Waals surface area contributed by atoms with Crippen LogP contribution in [-0.2, 0) is 9.59 Å². The van der Waals surface area contributed by atoms with Gasteiger partial charge in [-0.15, -0.1) is 0 Å². The number of aliphatic hydroxyl groups excluding tert-OH is 1. The lowest BCUT2D eigenvalue weighted by Crippen LogP contribution is -2.29. The summed E-state index contributed by atoms with van der Waals surface area (Å²) < 4.78 is 38.5. The Kier molecular flexibility index (Phi) is 7.66. The lowest BCUT2D eigenvalue weighted by atomic mass is 9.94. The molecular weight excluding hydrogens is 494 g/mol. The molecule has 198 valence electrons. The van der Waals surface area contributed by atoms with E-state index in [2.05, 4.69) is 4.90 Å². The van der Waals surface area contributed by atoms with Gasteiger partial charge in [-0.3, -0.25) is 14.5 Å². The quantitative estimate of drug-likeness (QED) is 0.241. The molecule has 1 N–H and O–H groups in total. The molecule has 0 bridgehead atoms. The van der Waals surface area contributed by atoms with Gasteiger partial charge in [0.1, 0.15) is 17.3 Å². The zero-order valence-electron chi connectivity index (χ0n) is 21.5. The van der Waals surface area contributed by atoms with Gasteiger partial charge in [-0.25, -0.2) is 8.78 Å². The van der Waals surface area contributed by atoms with Crippen LogP contribution in [-0.4, -0.2) is 44.1 Å². The molecule has 1 unspecified atom stereocenters. The van der Waals surface area contributed by atoms with Crippen LogP contribution in [0.5, 0.6) is 11.5 Å². The van der Waals surface area contributed by atoms with Crippen LogP contribution in [0.25, 0.3) is 5.76 Å². The Bertz CT molecular complexity index is 1400. The highest BCUT2D eigenvalue weighted by Crippen LogP contribution is 2.44. The number of nitrogens with zero attached hydrogens (tertiary/aromatic N) is 2. The van der Waals surface area contributed by atoms with E-state index in [9.17, 15) is 23.5 Å². The summed E-state index contributed by atoms with van der Waals surface area (Å²) in [5.41, 5.74) is 1.36. The zero-order valence-corrected chi connectivity index (χ0v) is 21.5. The minimum absolute atomic E-state index is 0.0236. The Morgan fingerprint density at radius 1 is 0.921 bits per heavy atom. The zero-order chi connectivity index (χ0) is 27.6. The number of carbonyl (C=O) groups is 2. The molecule has 7 nitrogen and oxygen atoms in total. The highest BCUT2D eigenvalue weighted by molar-refractivity contribution is 6.51. The van der Waals surface area contributed by atoms with E-state index in [-0.39, 0.29) is 22.6 Å². The van der Waals surface area contributed by atoms with Crippen molar-refractivity contribution < 1.29 is 33.0 Å². The van der Waals surface area contributed by atoms with Gasteiger partial charge < -0.3 is 19.5 Å². The molecule has 1 amide bonds. The van der Waals surface area contributed by atoms with Crippen LogP contribution in [0.4, 0.5) is 20.2 Å². The molecule has 0 aromatic heterocycles. The number of ether oxygens (including phenoxy) is 2. The van der Waals surface area contributed by atoms with E-state index in [0.717, 1.165) is 35.8 Å². The second-order valence-corrected chi connectivity index (χ2v) is 8.60. The third-order valence-electron chi connectivity index (χ3n) is 6.63. The average molecular weight is 523 g/mol. The topological polar surface area (TPSA) is 79.3 Å². The first-order valence-corrected chi connectivity index (χ1v) is 12.1. The maximum Gasteiger partial charge on any atom is 0.300 e. The number of anilines is 2. The molecular formula is C29H28F2N2O5. The van der Waals surface area contributed by atoms with Crippen LogP contribution < -0.4 is 19.3 Å². The number of aliphatic hydroxyl groups is 1. The molecule has 1 atom stereocenters. The molecule has 0 spiro atoms. The Morgan fingerprint density at radius 2 is 1.61 bits per heavy atom. The molecule has 9 heteroatoms. The fourth-order valence-corrected chi connectivity index (χ4v) is 4.64. The van der Waals surface area contributed by atoms with Gasteiger partial charge in [0.2, 0.25) is 0 Å². The first kappa shape index (κ1) is 26.7. The fraction of sp³-hybridized carbons (Fsp3) is 0.241. The average Bonchev–Trinajstić information content (AvgIpc) is 3.20. The van der Waals surface area contributed by atoms with E-state index in [4.69, 9.17) is 9.47 Å². The van der Waals surface area contributed by atoms with Gasteiger partial charge in [0.25, 0.3) is 11.7 Å². The second kappa shape index (κ2) is 10.9. The van der Waals surface area contributed by atoms with Crippen molar-refractivity contribution in [2.75, 3.05) is 37.1 Å². The van der Waals surface area contributed by atoms with E-state index in [0.29, 0.717) is 11.3 Å². The minimum atomic E-state index is -1.17. The molecule has 0 aliphatic carbocycles. The molecule has 3 aromatic carbocycles. The van der Waals surface area contributed by atoms with Crippen LogP contribution in [0, 0.1) is 11.6 Å². The summed E-state index contributed by atoms with van der Waals surface area (Å²) in [6.45, 7) is 5.61. The lowest BCUT2D eigenvalue weighted by molar-refractivity contribution is -0.132. The summed E-state index contributed by atoms with van der Waals surface area (Å²) in [7, 11) is 2.87. The number of hydrogen-bond acceptors (Lipinski definition) is 6.